The average Bonchev–Trinajstić information content (AvgIpc) is 3.54. The van der Waals surface area contributed by atoms with Crippen LogP contribution in [0.1, 0.15) is 25.0 Å². The number of hydrogen-bond acceptors (Lipinski definition) is 4. The van der Waals surface area contributed by atoms with Gasteiger partial charge in [-0.25, -0.2) is 0 Å². The van der Waals surface area contributed by atoms with Crippen LogP contribution in [0.2, 0.25) is 0 Å². The minimum atomic E-state index is -0.344. The second-order valence-corrected chi connectivity index (χ2v) is 9.62. The Balaban J connectivity index is 1.59. The summed E-state index contributed by atoms with van der Waals surface area (Å²) in [5.74, 6) is 1.29. The number of ether oxygens (including phenoxy) is 4. The Kier molecular flexibility index (Phi) is 6.09. The van der Waals surface area contributed by atoms with Crippen LogP contribution in [0.5, 0.6) is 11.5 Å². The van der Waals surface area contributed by atoms with E-state index in [1.165, 1.54) is 0 Å². The number of epoxide rings is 2. The molecule has 2 fully saturated rings. The highest BCUT2D eigenvalue weighted by molar-refractivity contribution is 9.11. The summed E-state index contributed by atoms with van der Waals surface area (Å²) in [6.45, 7) is 6.75. The third kappa shape index (κ3) is 4.87. The van der Waals surface area contributed by atoms with E-state index in [9.17, 15) is 0 Å². The number of hydrogen-bond donors (Lipinski definition) is 0. The molecule has 8 heteroatoms. The molecule has 4 radical (unpaired) electrons. The molecule has 2 aliphatic heterocycles. The highest BCUT2D eigenvalue weighted by Crippen LogP contribution is 2.37. The minimum Gasteiger partial charge on any atom is -0.490 e. The maximum atomic E-state index is 6.30. The van der Waals surface area contributed by atoms with Crippen molar-refractivity contribution in [2.24, 2.45) is 0 Å². The van der Waals surface area contributed by atoms with Gasteiger partial charge in [0.25, 0.3) is 0 Å². The predicted octanol–water partition coefficient (Wildman–Crippen LogP) is 2.68. The minimum absolute atomic E-state index is 0.171. The molecule has 4 nitrogen and oxygen atoms in total. The first-order valence-corrected chi connectivity index (χ1v) is 11.0. The highest BCUT2D eigenvalue weighted by Gasteiger charge is 2.28. The van der Waals surface area contributed by atoms with Gasteiger partial charge < -0.3 is 18.9 Å². The van der Waals surface area contributed by atoms with Gasteiger partial charge in [-0.05, 0) is 55.1 Å². The SMILES string of the molecule is [B]c1cc(C(C)(C)c2cc([B])c(OCC3CO3)c(Br)c2)cc(Br)c1OCC1CO1. The van der Waals surface area contributed by atoms with Gasteiger partial charge in [0.1, 0.15) is 52.6 Å². The molecule has 0 saturated carbocycles. The van der Waals surface area contributed by atoms with Crippen LogP contribution in [0.25, 0.3) is 0 Å². The van der Waals surface area contributed by atoms with Gasteiger partial charge in [0.2, 0.25) is 0 Å². The molecule has 2 aromatic carbocycles. The number of benzene rings is 2. The van der Waals surface area contributed by atoms with Crippen molar-refractivity contribution in [2.75, 3.05) is 26.4 Å². The van der Waals surface area contributed by atoms with Crippen LogP contribution < -0.4 is 20.4 Å². The highest BCUT2D eigenvalue weighted by atomic mass is 79.9. The van der Waals surface area contributed by atoms with Crippen molar-refractivity contribution in [1.82, 2.24) is 0 Å². The smallest absolute Gasteiger partial charge is 0.126 e. The lowest BCUT2D eigenvalue weighted by atomic mass is 9.74. The van der Waals surface area contributed by atoms with E-state index in [4.69, 9.17) is 34.6 Å². The number of halogens is 2. The molecule has 2 aromatic rings. The van der Waals surface area contributed by atoms with Gasteiger partial charge in [-0.3, -0.25) is 0 Å². The first-order chi connectivity index (χ1) is 13.8. The Morgan fingerprint density at radius 1 is 0.862 bits per heavy atom. The lowest BCUT2D eigenvalue weighted by Crippen LogP contribution is -2.25. The second-order valence-electron chi connectivity index (χ2n) is 7.91. The summed E-state index contributed by atoms with van der Waals surface area (Å²) < 4.78 is 23.7. The monoisotopic (exact) mass is 516 g/mol. The lowest BCUT2D eigenvalue weighted by Gasteiger charge is -2.29. The normalized spacial score (nSPS) is 20.4. The fraction of sp³-hybridized carbons (Fsp3) is 0.429. The molecule has 0 amide bonds. The van der Waals surface area contributed by atoms with Crippen LogP contribution >= 0.6 is 31.9 Å². The Labute approximate surface area is 190 Å². The zero-order valence-electron chi connectivity index (χ0n) is 16.3. The maximum Gasteiger partial charge on any atom is 0.126 e. The van der Waals surface area contributed by atoms with Crippen molar-refractivity contribution in [3.05, 3.63) is 44.3 Å². The lowest BCUT2D eigenvalue weighted by molar-refractivity contribution is 0.263. The molecule has 2 heterocycles. The molecule has 0 aliphatic carbocycles. The molecule has 29 heavy (non-hydrogen) atoms. The van der Waals surface area contributed by atoms with Gasteiger partial charge >= 0.3 is 0 Å². The molecule has 2 aliphatic rings. The van der Waals surface area contributed by atoms with Crippen LogP contribution in [-0.4, -0.2) is 54.3 Å². The van der Waals surface area contributed by atoms with Crippen LogP contribution in [0.4, 0.5) is 0 Å². The van der Waals surface area contributed by atoms with Crippen LogP contribution in [0, 0.1) is 0 Å². The zero-order chi connectivity index (χ0) is 20.8. The summed E-state index contributed by atoms with van der Waals surface area (Å²) in [4.78, 5) is 0. The molecule has 148 valence electrons. The van der Waals surface area contributed by atoms with Crippen LogP contribution in [0.15, 0.2) is 33.2 Å². The summed E-state index contributed by atoms with van der Waals surface area (Å²) in [6, 6.07) is 7.98. The first kappa shape index (κ1) is 21.3. The Bertz CT molecular complexity index is 807. The number of rotatable bonds is 8. The first-order valence-electron chi connectivity index (χ1n) is 9.43. The van der Waals surface area contributed by atoms with Crippen molar-refractivity contribution in [1.29, 1.82) is 0 Å². The van der Waals surface area contributed by atoms with Gasteiger partial charge in [-0.15, -0.1) is 0 Å². The Morgan fingerprint density at radius 3 is 1.55 bits per heavy atom. The molecular weight excluding hydrogens is 498 g/mol. The van der Waals surface area contributed by atoms with E-state index in [1.807, 2.05) is 24.3 Å². The van der Waals surface area contributed by atoms with E-state index < -0.39 is 0 Å². The van der Waals surface area contributed by atoms with Gasteiger partial charge in [-0.2, -0.15) is 0 Å². The molecule has 0 spiro atoms. The van der Waals surface area contributed by atoms with E-state index in [0.29, 0.717) is 35.6 Å². The third-order valence-corrected chi connectivity index (χ3v) is 6.40. The molecule has 2 unspecified atom stereocenters. The second kappa shape index (κ2) is 8.29. The molecule has 2 atom stereocenters. The van der Waals surface area contributed by atoms with Gasteiger partial charge in [0, 0.05) is 5.41 Å². The zero-order valence-corrected chi connectivity index (χ0v) is 19.5. The molecular formula is C21H20B2Br2O4. The summed E-state index contributed by atoms with van der Waals surface area (Å²) in [6.07, 6.45) is 0.343. The van der Waals surface area contributed by atoms with E-state index >= 15 is 0 Å². The molecule has 0 N–H and O–H groups in total. The van der Waals surface area contributed by atoms with Crippen molar-refractivity contribution in [3.8, 4) is 11.5 Å². The Morgan fingerprint density at radius 2 is 1.24 bits per heavy atom. The molecule has 2 saturated heterocycles. The van der Waals surface area contributed by atoms with Gasteiger partial charge in [0.15, 0.2) is 0 Å². The van der Waals surface area contributed by atoms with Gasteiger partial charge in [-0.1, -0.05) is 36.9 Å². The third-order valence-electron chi connectivity index (χ3n) is 5.22. The fourth-order valence-electron chi connectivity index (χ4n) is 3.10. The summed E-state index contributed by atoms with van der Waals surface area (Å²) in [5.41, 5.74) is 2.91. The predicted molar refractivity (Wildman–Crippen MR) is 122 cm³/mol. The maximum absolute atomic E-state index is 6.30. The molecule has 0 aromatic heterocycles. The standard InChI is InChI=1S/C21H20B2Br2O4/c1-21(2,11-3-15(22)19(17(24)5-11)28-9-13-7-26-13)12-4-16(23)20(18(25)6-12)29-10-14-8-27-14/h3-6,13-14H,7-10H2,1-2H3. The largest absolute Gasteiger partial charge is 0.490 e. The van der Waals surface area contributed by atoms with Crippen molar-refractivity contribution in [2.45, 2.75) is 31.5 Å². The molecule has 0 bridgehead atoms. The van der Waals surface area contributed by atoms with Crippen molar-refractivity contribution in [3.63, 3.8) is 0 Å². The summed E-state index contributed by atoms with van der Waals surface area (Å²) in [7, 11) is 12.6. The van der Waals surface area contributed by atoms with Crippen LogP contribution in [-0.2, 0) is 14.9 Å². The van der Waals surface area contributed by atoms with Crippen molar-refractivity contribution < 1.29 is 18.9 Å². The fourth-order valence-corrected chi connectivity index (χ4v) is 4.28. The van der Waals surface area contributed by atoms with E-state index in [0.717, 1.165) is 33.3 Å². The topological polar surface area (TPSA) is 43.5 Å². The van der Waals surface area contributed by atoms with Gasteiger partial charge in [0.05, 0.1) is 22.2 Å². The van der Waals surface area contributed by atoms with E-state index in [2.05, 4.69) is 45.7 Å². The summed E-state index contributed by atoms with van der Waals surface area (Å²) >= 11 is 7.20. The average molecular weight is 518 g/mol. The quantitative estimate of drug-likeness (QED) is 0.399. The van der Waals surface area contributed by atoms with E-state index in [-0.39, 0.29) is 17.6 Å². The molecule has 4 rings (SSSR count). The van der Waals surface area contributed by atoms with Crippen molar-refractivity contribution >= 4 is 58.5 Å². The Hall–Kier alpha value is -0.950. The summed E-state index contributed by atoms with van der Waals surface area (Å²) in [5, 5.41) is 0. The van der Waals surface area contributed by atoms with Crippen LogP contribution in [0.3, 0.4) is 0 Å². The van der Waals surface area contributed by atoms with E-state index in [1.54, 1.807) is 0 Å².